The van der Waals surface area contributed by atoms with Crippen LogP contribution in [0.1, 0.15) is 13.8 Å². The summed E-state index contributed by atoms with van der Waals surface area (Å²) in [7, 11) is 3.94. The Kier molecular flexibility index (Phi) is 1.08. The first-order chi connectivity index (χ1) is 2.71. The first-order valence-electron chi connectivity index (χ1n) is 2.01. The van der Waals surface area contributed by atoms with Crippen molar-refractivity contribution in [1.82, 2.24) is 0 Å². The van der Waals surface area contributed by atoms with Crippen LogP contribution in [0, 0.1) is 0 Å². The average Bonchev–Trinajstić information content (AvgIpc) is 1.32. The summed E-state index contributed by atoms with van der Waals surface area (Å²) < 4.78 is 0.602. The van der Waals surface area contributed by atoms with Crippen molar-refractivity contribution in [3.05, 3.63) is 0 Å². The molecular weight excluding hydrogens is 112 g/mol. The van der Waals surface area contributed by atoms with Crippen LogP contribution in [0.25, 0.3) is 0 Å². The van der Waals surface area contributed by atoms with Crippen LogP contribution in [0.2, 0.25) is 0 Å². The van der Waals surface area contributed by atoms with Crippen molar-refractivity contribution in [2.45, 2.75) is 18.6 Å². The van der Waals surface area contributed by atoms with Crippen molar-refractivity contribution in [1.29, 1.82) is 0 Å². The van der Waals surface area contributed by atoms with Crippen molar-refractivity contribution >= 4 is 21.6 Å². The van der Waals surface area contributed by atoms with Gasteiger partial charge in [-0.25, -0.2) is 0 Å². The molecule has 0 saturated carbocycles. The normalized spacial score (nSPS) is 29.0. The molecule has 1 aliphatic heterocycles. The molecule has 1 aliphatic rings. The summed E-state index contributed by atoms with van der Waals surface area (Å²) in [6, 6.07) is 0. The van der Waals surface area contributed by atoms with Crippen molar-refractivity contribution in [2.75, 3.05) is 5.75 Å². The Labute approximate surface area is 46.5 Å². The highest BCUT2D eigenvalue weighted by Crippen LogP contribution is 2.49. The van der Waals surface area contributed by atoms with Gasteiger partial charge in [0.05, 0.1) is 0 Å². The van der Waals surface area contributed by atoms with Gasteiger partial charge in [-0.05, 0) is 13.8 Å². The van der Waals surface area contributed by atoms with Crippen LogP contribution >= 0.6 is 21.6 Å². The molecule has 0 unspecified atom stereocenters. The highest BCUT2D eigenvalue weighted by atomic mass is 33.1. The van der Waals surface area contributed by atoms with Crippen molar-refractivity contribution in [2.24, 2.45) is 0 Å². The maximum Gasteiger partial charge on any atom is 0.0306 e. The summed E-state index contributed by atoms with van der Waals surface area (Å²) in [5.41, 5.74) is 0. The van der Waals surface area contributed by atoms with E-state index in [1.807, 2.05) is 21.6 Å². The molecule has 36 valence electrons. The zero-order chi connectivity index (χ0) is 4.62. The van der Waals surface area contributed by atoms with E-state index < -0.39 is 0 Å². The Morgan fingerprint density at radius 3 is 1.83 bits per heavy atom. The Morgan fingerprint density at radius 2 is 1.83 bits per heavy atom. The molecule has 0 aliphatic carbocycles. The SMILES string of the molecule is CC1(C)CSS1. The molecule has 1 saturated heterocycles. The van der Waals surface area contributed by atoms with Gasteiger partial charge in [-0.1, -0.05) is 21.6 Å². The molecule has 0 bridgehead atoms. The lowest BCUT2D eigenvalue weighted by Crippen LogP contribution is -2.23. The molecule has 0 N–H and O–H groups in total. The van der Waals surface area contributed by atoms with Crippen molar-refractivity contribution in [3.8, 4) is 0 Å². The molecular formula is C4H8S2. The molecule has 6 heavy (non-hydrogen) atoms. The summed E-state index contributed by atoms with van der Waals surface area (Å²) in [6.45, 7) is 4.54. The third-order valence-corrected chi connectivity index (χ3v) is 4.49. The second kappa shape index (κ2) is 1.34. The third-order valence-electron chi connectivity index (χ3n) is 0.691. The average molecular weight is 120 g/mol. The van der Waals surface area contributed by atoms with E-state index in [1.165, 1.54) is 5.75 Å². The predicted octanol–water partition coefficient (Wildman–Crippen LogP) is 2.16. The summed E-state index contributed by atoms with van der Waals surface area (Å²) in [5, 5.41) is 0. The Balaban J connectivity index is 2.31. The largest absolute Gasteiger partial charge is 0.0921 e. The van der Waals surface area contributed by atoms with Crippen LogP contribution in [-0.2, 0) is 0 Å². The van der Waals surface area contributed by atoms with Gasteiger partial charge in [0.15, 0.2) is 0 Å². The van der Waals surface area contributed by atoms with Crippen molar-refractivity contribution in [3.63, 3.8) is 0 Å². The van der Waals surface area contributed by atoms with E-state index in [0.717, 1.165) is 0 Å². The van der Waals surface area contributed by atoms with Crippen LogP contribution < -0.4 is 0 Å². The van der Waals surface area contributed by atoms with Gasteiger partial charge < -0.3 is 0 Å². The third kappa shape index (κ3) is 0.850. The van der Waals surface area contributed by atoms with Crippen LogP contribution in [0.3, 0.4) is 0 Å². The lowest BCUT2D eigenvalue weighted by molar-refractivity contribution is 0.814. The minimum Gasteiger partial charge on any atom is -0.0921 e. The lowest BCUT2D eigenvalue weighted by Gasteiger charge is -2.31. The van der Waals surface area contributed by atoms with Gasteiger partial charge in [0, 0.05) is 10.5 Å². The van der Waals surface area contributed by atoms with Gasteiger partial charge in [0.2, 0.25) is 0 Å². The van der Waals surface area contributed by atoms with Crippen LogP contribution in [0.4, 0.5) is 0 Å². The number of hydrogen-bond donors (Lipinski definition) is 0. The van der Waals surface area contributed by atoms with Crippen molar-refractivity contribution < 1.29 is 0 Å². The molecule has 0 nitrogen and oxygen atoms in total. The molecule has 2 heteroatoms. The Hall–Kier alpha value is 0.700. The second-order valence-electron chi connectivity index (χ2n) is 2.11. The van der Waals surface area contributed by atoms with Gasteiger partial charge in [0.1, 0.15) is 0 Å². The van der Waals surface area contributed by atoms with E-state index in [9.17, 15) is 0 Å². The van der Waals surface area contributed by atoms with Crippen LogP contribution in [-0.4, -0.2) is 10.5 Å². The van der Waals surface area contributed by atoms with E-state index in [2.05, 4.69) is 13.8 Å². The molecule has 1 rings (SSSR count). The van der Waals surface area contributed by atoms with Gasteiger partial charge in [0.25, 0.3) is 0 Å². The second-order valence-corrected chi connectivity index (χ2v) is 5.11. The summed E-state index contributed by atoms with van der Waals surface area (Å²) in [4.78, 5) is 0. The fraction of sp³-hybridized carbons (Fsp3) is 1.00. The monoisotopic (exact) mass is 120 g/mol. The standard InChI is InChI=1S/C4H8S2/c1-4(2)3-5-6-4/h3H2,1-2H3. The smallest absolute Gasteiger partial charge is 0.0306 e. The number of rotatable bonds is 0. The van der Waals surface area contributed by atoms with E-state index >= 15 is 0 Å². The van der Waals surface area contributed by atoms with E-state index in [4.69, 9.17) is 0 Å². The minimum absolute atomic E-state index is 0.602. The van der Waals surface area contributed by atoms with Gasteiger partial charge in [-0.2, -0.15) is 0 Å². The molecule has 0 aromatic rings. The Morgan fingerprint density at radius 1 is 1.50 bits per heavy atom. The minimum atomic E-state index is 0.602. The Bertz CT molecular complexity index is 52.6. The molecule has 1 heterocycles. The molecule has 1 fully saturated rings. The molecule has 0 atom stereocenters. The van der Waals surface area contributed by atoms with Crippen LogP contribution in [0.15, 0.2) is 0 Å². The molecule has 0 spiro atoms. The number of hydrogen-bond acceptors (Lipinski definition) is 2. The van der Waals surface area contributed by atoms with Gasteiger partial charge in [-0.3, -0.25) is 0 Å². The molecule has 0 aromatic heterocycles. The maximum absolute atomic E-state index is 2.27. The predicted molar refractivity (Wildman–Crippen MR) is 34.1 cm³/mol. The van der Waals surface area contributed by atoms with Gasteiger partial charge in [-0.15, -0.1) is 0 Å². The van der Waals surface area contributed by atoms with E-state index in [0.29, 0.717) is 4.75 Å². The van der Waals surface area contributed by atoms with E-state index in [1.54, 1.807) is 0 Å². The highest BCUT2D eigenvalue weighted by Gasteiger charge is 2.27. The quantitative estimate of drug-likeness (QED) is 0.449. The topological polar surface area (TPSA) is 0 Å². The molecule has 0 radical (unpaired) electrons. The summed E-state index contributed by atoms with van der Waals surface area (Å²) in [5.74, 6) is 1.33. The summed E-state index contributed by atoms with van der Waals surface area (Å²) in [6.07, 6.45) is 0. The summed E-state index contributed by atoms with van der Waals surface area (Å²) >= 11 is 0. The van der Waals surface area contributed by atoms with Gasteiger partial charge >= 0.3 is 0 Å². The molecule has 0 amide bonds. The maximum atomic E-state index is 2.27. The lowest BCUT2D eigenvalue weighted by atomic mass is 10.2. The zero-order valence-corrected chi connectivity index (χ0v) is 5.66. The first-order valence-corrected chi connectivity index (χ1v) is 4.33. The fourth-order valence-electron chi connectivity index (χ4n) is 0.295. The zero-order valence-electron chi connectivity index (χ0n) is 4.02. The first kappa shape index (κ1) is 4.85. The van der Waals surface area contributed by atoms with Crippen LogP contribution in [0.5, 0.6) is 0 Å². The molecule has 0 aromatic carbocycles. The van der Waals surface area contributed by atoms with E-state index in [-0.39, 0.29) is 0 Å². The highest BCUT2D eigenvalue weighted by molar-refractivity contribution is 8.80. The fourth-order valence-corrected chi connectivity index (χ4v) is 2.65.